The zero-order chi connectivity index (χ0) is 11.2. The van der Waals surface area contributed by atoms with Crippen molar-refractivity contribution in [3.8, 4) is 0 Å². The molecule has 1 fully saturated rings. The van der Waals surface area contributed by atoms with E-state index in [4.69, 9.17) is 4.74 Å². The molecule has 0 saturated carbocycles. The summed E-state index contributed by atoms with van der Waals surface area (Å²) in [5.74, 6) is 0. The predicted octanol–water partition coefficient (Wildman–Crippen LogP) is 2.60. The average Bonchev–Trinajstić information content (AvgIpc) is 2.27. The van der Waals surface area contributed by atoms with Gasteiger partial charge in [-0.1, -0.05) is 38.1 Å². The number of hydrogen-bond donors (Lipinski definition) is 0. The lowest BCUT2D eigenvalue weighted by atomic mass is 9.89. The van der Waals surface area contributed by atoms with Crippen LogP contribution in [0.4, 0.5) is 0 Å². The summed E-state index contributed by atoms with van der Waals surface area (Å²) < 4.78 is 6.05. The third-order valence-corrected chi connectivity index (χ3v) is 3.58. The normalized spacial score (nSPS) is 28.2. The third-order valence-electron chi connectivity index (χ3n) is 3.58. The maximum absolute atomic E-state index is 6.05. The second-order valence-corrected chi connectivity index (χ2v) is 5.75. The molecule has 16 heavy (non-hydrogen) atoms. The minimum absolute atomic E-state index is 0.206. The van der Waals surface area contributed by atoms with Crippen molar-refractivity contribution < 1.29 is 4.74 Å². The molecule has 2 aliphatic rings. The highest BCUT2D eigenvalue weighted by molar-refractivity contribution is 5.31. The van der Waals surface area contributed by atoms with E-state index in [0.29, 0.717) is 5.41 Å². The second kappa shape index (κ2) is 3.57. The van der Waals surface area contributed by atoms with Gasteiger partial charge in [-0.2, -0.15) is 0 Å². The van der Waals surface area contributed by atoms with Crippen molar-refractivity contribution in [2.45, 2.75) is 26.5 Å². The Morgan fingerprint density at radius 3 is 3.00 bits per heavy atom. The van der Waals surface area contributed by atoms with Gasteiger partial charge in [-0.25, -0.2) is 0 Å². The molecule has 1 aromatic carbocycles. The largest absolute Gasteiger partial charge is 0.358 e. The molecule has 86 valence electrons. The van der Waals surface area contributed by atoms with Crippen LogP contribution >= 0.6 is 0 Å². The van der Waals surface area contributed by atoms with Gasteiger partial charge >= 0.3 is 0 Å². The predicted molar refractivity (Wildman–Crippen MR) is 64.2 cm³/mol. The molecule has 1 aromatic rings. The summed E-state index contributed by atoms with van der Waals surface area (Å²) in [6, 6.07) is 8.69. The lowest BCUT2D eigenvalue weighted by Crippen LogP contribution is -2.48. The molecule has 0 amide bonds. The van der Waals surface area contributed by atoms with Crippen molar-refractivity contribution in [1.82, 2.24) is 4.90 Å². The summed E-state index contributed by atoms with van der Waals surface area (Å²) in [6.07, 6.45) is 1.37. The van der Waals surface area contributed by atoms with E-state index >= 15 is 0 Å². The van der Waals surface area contributed by atoms with E-state index in [-0.39, 0.29) is 6.23 Å². The maximum atomic E-state index is 6.05. The summed E-state index contributed by atoms with van der Waals surface area (Å²) in [4.78, 5) is 2.48. The van der Waals surface area contributed by atoms with Crippen molar-refractivity contribution in [3.05, 3.63) is 35.4 Å². The first kappa shape index (κ1) is 10.3. The lowest BCUT2D eigenvalue weighted by Gasteiger charge is -2.46. The molecule has 0 aromatic heterocycles. The fourth-order valence-corrected chi connectivity index (χ4v) is 2.84. The van der Waals surface area contributed by atoms with Gasteiger partial charge in [0.25, 0.3) is 0 Å². The second-order valence-electron chi connectivity index (χ2n) is 5.75. The van der Waals surface area contributed by atoms with E-state index < -0.39 is 0 Å². The van der Waals surface area contributed by atoms with Gasteiger partial charge in [0.15, 0.2) is 0 Å². The van der Waals surface area contributed by atoms with Crippen molar-refractivity contribution in [3.63, 3.8) is 0 Å². The zero-order valence-corrected chi connectivity index (χ0v) is 10.1. The van der Waals surface area contributed by atoms with E-state index in [9.17, 15) is 0 Å². The number of ether oxygens (including phenoxy) is 1. The van der Waals surface area contributed by atoms with E-state index in [1.807, 2.05) is 0 Å². The van der Waals surface area contributed by atoms with E-state index in [2.05, 4.69) is 43.0 Å². The highest BCUT2D eigenvalue weighted by atomic mass is 16.5. The molecule has 1 saturated heterocycles. The molecule has 0 bridgehead atoms. The third kappa shape index (κ3) is 1.66. The molecule has 0 N–H and O–H groups in total. The molecular weight excluding hydrogens is 198 g/mol. The van der Waals surface area contributed by atoms with Crippen LogP contribution in [0.5, 0.6) is 0 Å². The molecular formula is C14H19NO. The molecule has 2 nitrogen and oxygen atoms in total. The van der Waals surface area contributed by atoms with Crippen molar-refractivity contribution in [2.75, 3.05) is 19.7 Å². The fraction of sp³-hybridized carbons (Fsp3) is 0.571. The summed E-state index contributed by atoms with van der Waals surface area (Å²) >= 11 is 0. The summed E-state index contributed by atoms with van der Waals surface area (Å²) in [5, 5.41) is 0. The Balaban J connectivity index is 1.92. The van der Waals surface area contributed by atoms with E-state index in [1.165, 1.54) is 11.1 Å². The Bertz CT molecular complexity index is 399. The minimum atomic E-state index is 0.206. The lowest BCUT2D eigenvalue weighted by molar-refractivity contribution is -0.152. The van der Waals surface area contributed by atoms with Crippen LogP contribution in [0.25, 0.3) is 0 Å². The topological polar surface area (TPSA) is 12.5 Å². The molecule has 0 radical (unpaired) electrons. The summed E-state index contributed by atoms with van der Waals surface area (Å²) in [5.41, 5.74) is 3.13. The highest BCUT2D eigenvalue weighted by Gasteiger charge is 2.37. The zero-order valence-electron chi connectivity index (χ0n) is 10.1. The Kier molecular flexibility index (Phi) is 2.30. The number of rotatable bonds is 0. The smallest absolute Gasteiger partial charge is 0.137 e. The van der Waals surface area contributed by atoms with Crippen LogP contribution < -0.4 is 0 Å². The quantitative estimate of drug-likeness (QED) is 0.662. The summed E-state index contributed by atoms with van der Waals surface area (Å²) in [6.45, 7) is 7.70. The average molecular weight is 217 g/mol. The van der Waals surface area contributed by atoms with E-state index in [1.54, 1.807) is 0 Å². The Morgan fingerprint density at radius 2 is 2.12 bits per heavy atom. The van der Waals surface area contributed by atoms with Crippen LogP contribution in [0.1, 0.15) is 31.2 Å². The Hall–Kier alpha value is -0.860. The van der Waals surface area contributed by atoms with Gasteiger partial charge in [0, 0.05) is 18.5 Å². The van der Waals surface area contributed by atoms with Crippen molar-refractivity contribution >= 4 is 0 Å². The number of nitrogens with zero attached hydrogens (tertiary/aromatic N) is 1. The van der Waals surface area contributed by atoms with Crippen LogP contribution in [-0.4, -0.2) is 24.6 Å². The SMILES string of the molecule is CC1(C)COC2c3ccccc3CCN2C1. The standard InChI is InChI=1S/C14H19NO/c1-14(2)9-15-8-7-11-5-3-4-6-12(11)13(15)16-10-14/h3-6,13H,7-10H2,1-2H3. The molecule has 2 heterocycles. The van der Waals surface area contributed by atoms with Crippen LogP contribution in [0.2, 0.25) is 0 Å². The number of hydrogen-bond acceptors (Lipinski definition) is 2. The first-order valence-electron chi connectivity index (χ1n) is 6.09. The van der Waals surface area contributed by atoms with Gasteiger partial charge < -0.3 is 4.74 Å². The van der Waals surface area contributed by atoms with Crippen LogP contribution in [0.3, 0.4) is 0 Å². The van der Waals surface area contributed by atoms with Gasteiger partial charge in [-0.3, -0.25) is 4.90 Å². The summed E-state index contributed by atoms with van der Waals surface area (Å²) in [7, 11) is 0. The highest BCUT2D eigenvalue weighted by Crippen LogP contribution is 2.37. The molecule has 1 atom stereocenters. The van der Waals surface area contributed by atoms with Crippen LogP contribution in [0, 0.1) is 5.41 Å². The Morgan fingerprint density at radius 1 is 1.31 bits per heavy atom. The van der Waals surface area contributed by atoms with Gasteiger partial charge in [0.1, 0.15) is 6.23 Å². The molecule has 1 unspecified atom stereocenters. The van der Waals surface area contributed by atoms with E-state index in [0.717, 1.165) is 26.1 Å². The van der Waals surface area contributed by atoms with Gasteiger partial charge in [-0.15, -0.1) is 0 Å². The molecule has 0 aliphatic carbocycles. The maximum Gasteiger partial charge on any atom is 0.137 e. The minimum Gasteiger partial charge on any atom is -0.358 e. The monoisotopic (exact) mass is 217 g/mol. The number of fused-ring (bicyclic) bond motifs is 3. The molecule has 0 spiro atoms. The van der Waals surface area contributed by atoms with Crippen LogP contribution in [-0.2, 0) is 11.2 Å². The molecule has 2 aliphatic heterocycles. The Labute approximate surface area is 97.2 Å². The van der Waals surface area contributed by atoms with Gasteiger partial charge in [0.05, 0.1) is 6.61 Å². The fourth-order valence-electron chi connectivity index (χ4n) is 2.84. The first-order valence-corrected chi connectivity index (χ1v) is 6.09. The first-order chi connectivity index (χ1) is 7.66. The van der Waals surface area contributed by atoms with Crippen molar-refractivity contribution in [2.24, 2.45) is 5.41 Å². The molecule has 3 rings (SSSR count). The van der Waals surface area contributed by atoms with Crippen molar-refractivity contribution in [1.29, 1.82) is 0 Å². The van der Waals surface area contributed by atoms with Crippen LogP contribution in [0.15, 0.2) is 24.3 Å². The number of benzene rings is 1. The van der Waals surface area contributed by atoms with Gasteiger partial charge in [-0.05, 0) is 17.5 Å². The van der Waals surface area contributed by atoms with Gasteiger partial charge in [0.2, 0.25) is 0 Å². The molecule has 2 heteroatoms.